The Kier molecular flexibility index (Phi) is 14.8. The SMILES string of the molecule is CO[C@H]1/C=C\C=C(/C)C(=O)NC2=CC(=O)C(NC(=O)c3ccc(CN(C)C)cc3)=C(C[C@@H](C)C[C@H](OC)[C@H](O)[C@@H](C)/C=C(\C)[C@H]1OC(N)=O)C2=O. The fraction of sp³-hybridized carbons (Fsp3) is 0.447. The number of hydrogen-bond donors (Lipinski definition) is 4. The molecule has 13 heteroatoms. The van der Waals surface area contributed by atoms with E-state index in [0.29, 0.717) is 17.7 Å². The number of rotatable bonds is 7. The fourth-order valence-corrected chi connectivity index (χ4v) is 6.03. The monoisotopic (exact) mass is 706 g/mol. The number of nitrogens with two attached hydrogens (primary N) is 1. The summed E-state index contributed by atoms with van der Waals surface area (Å²) < 4.78 is 16.7. The number of amides is 3. The van der Waals surface area contributed by atoms with Gasteiger partial charge in [0.05, 0.1) is 23.6 Å². The Morgan fingerprint density at radius 1 is 1.06 bits per heavy atom. The van der Waals surface area contributed by atoms with Gasteiger partial charge in [0.1, 0.15) is 6.10 Å². The highest BCUT2D eigenvalue weighted by atomic mass is 16.6. The standard InChI is InChI=1S/C38H50N4O9/c1-21-16-27-32(41-37(47)26-14-12-25(13-15-26)20-42(5)6)29(43)19-28(34(27)45)40-36(46)22(2)10-9-11-30(49-7)35(51-38(39)48)24(4)18-23(3)33(44)31(17-21)50-8/h9-15,18-19,21,23,30-31,33,35,44H,16-17,20H2,1-8H3,(H2,39,48)(H,40,46)(H,41,47)/b11-9-,22-10+,24-18+/t21-,23+,30+,31+,33-,35-/m1/s1. The molecule has 0 saturated heterocycles. The Bertz CT molecular complexity index is 1640. The van der Waals surface area contributed by atoms with Crippen molar-refractivity contribution in [3.8, 4) is 0 Å². The second-order valence-electron chi connectivity index (χ2n) is 13.3. The van der Waals surface area contributed by atoms with E-state index in [1.807, 2.05) is 38.1 Å². The number of aliphatic hydroxyl groups excluding tert-OH is 1. The number of hydrogen-bond acceptors (Lipinski definition) is 10. The fourth-order valence-electron chi connectivity index (χ4n) is 6.03. The van der Waals surface area contributed by atoms with Gasteiger partial charge in [-0.2, -0.15) is 0 Å². The molecule has 1 aromatic rings. The van der Waals surface area contributed by atoms with E-state index in [2.05, 4.69) is 10.6 Å². The second kappa shape index (κ2) is 18.5. The lowest BCUT2D eigenvalue weighted by atomic mass is 9.85. The van der Waals surface area contributed by atoms with Gasteiger partial charge in [-0.1, -0.05) is 50.3 Å². The van der Waals surface area contributed by atoms with Crippen LogP contribution in [-0.4, -0.2) is 92.2 Å². The highest BCUT2D eigenvalue weighted by Gasteiger charge is 2.34. The van der Waals surface area contributed by atoms with Crippen molar-refractivity contribution in [1.82, 2.24) is 15.5 Å². The van der Waals surface area contributed by atoms with Crippen LogP contribution in [0.4, 0.5) is 4.79 Å². The van der Waals surface area contributed by atoms with Crippen LogP contribution in [0.15, 0.2) is 82.8 Å². The Morgan fingerprint density at radius 3 is 2.31 bits per heavy atom. The predicted molar refractivity (Wildman–Crippen MR) is 191 cm³/mol. The number of nitrogens with zero attached hydrogens (tertiary/aromatic N) is 1. The summed E-state index contributed by atoms with van der Waals surface area (Å²) in [5, 5.41) is 16.6. The lowest BCUT2D eigenvalue weighted by Crippen LogP contribution is -2.38. The predicted octanol–water partition coefficient (Wildman–Crippen LogP) is 3.25. The summed E-state index contributed by atoms with van der Waals surface area (Å²) in [5.41, 5.74) is 7.00. The average molecular weight is 707 g/mol. The largest absolute Gasteiger partial charge is 0.439 e. The number of nitrogens with one attached hydrogen (secondary N) is 2. The normalized spacial score (nSPS) is 28.2. The van der Waals surface area contributed by atoms with E-state index in [4.69, 9.17) is 19.9 Å². The second-order valence-corrected chi connectivity index (χ2v) is 13.3. The van der Waals surface area contributed by atoms with Gasteiger partial charge < -0.3 is 40.6 Å². The Morgan fingerprint density at radius 2 is 1.73 bits per heavy atom. The summed E-state index contributed by atoms with van der Waals surface area (Å²) in [6, 6.07) is 6.92. The molecule has 6 atom stereocenters. The van der Waals surface area contributed by atoms with Gasteiger partial charge in [-0.25, -0.2) is 4.79 Å². The third kappa shape index (κ3) is 11.1. The third-order valence-corrected chi connectivity index (χ3v) is 8.75. The molecule has 0 unspecified atom stereocenters. The molecule has 0 fully saturated rings. The molecule has 1 aliphatic carbocycles. The summed E-state index contributed by atoms with van der Waals surface area (Å²) in [6.45, 7) is 7.52. The van der Waals surface area contributed by atoms with Gasteiger partial charge >= 0.3 is 6.09 Å². The van der Waals surface area contributed by atoms with Crippen molar-refractivity contribution in [2.24, 2.45) is 17.6 Å². The third-order valence-electron chi connectivity index (χ3n) is 8.75. The van der Waals surface area contributed by atoms with Crippen LogP contribution in [0.3, 0.4) is 0 Å². The zero-order chi connectivity index (χ0) is 38.0. The van der Waals surface area contributed by atoms with Crippen molar-refractivity contribution in [3.63, 3.8) is 0 Å². The van der Waals surface area contributed by atoms with E-state index in [1.165, 1.54) is 33.3 Å². The maximum atomic E-state index is 14.0. The maximum absolute atomic E-state index is 14.0. The summed E-state index contributed by atoms with van der Waals surface area (Å²) in [7, 11) is 6.74. The van der Waals surface area contributed by atoms with Crippen LogP contribution in [-0.2, 0) is 35.1 Å². The molecule has 1 aliphatic heterocycles. The molecule has 5 N–H and O–H groups in total. The van der Waals surface area contributed by atoms with Crippen LogP contribution in [0.25, 0.3) is 0 Å². The molecule has 2 bridgehead atoms. The molecular weight excluding hydrogens is 656 g/mol. The van der Waals surface area contributed by atoms with Crippen LogP contribution in [0, 0.1) is 11.8 Å². The zero-order valence-electron chi connectivity index (χ0n) is 30.5. The molecule has 13 nitrogen and oxygen atoms in total. The summed E-state index contributed by atoms with van der Waals surface area (Å²) in [5.74, 6) is -3.34. The summed E-state index contributed by atoms with van der Waals surface area (Å²) in [6.07, 6.45) is 3.03. The molecule has 51 heavy (non-hydrogen) atoms. The first-order chi connectivity index (χ1) is 24.1. The minimum atomic E-state index is -1.03. The number of fused-ring (bicyclic) bond motifs is 2. The molecule has 0 aromatic heterocycles. The maximum Gasteiger partial charge on any atom is 0.405 e. The van der Waals surface area contributed by atoms with Crippen molar-refractivity contribution >= 4 is 29.5 Å². The van der Waals surface area contributed by atoms with Gasteiger partial charge in [0.25, 0.3) is 11.8 Å². The lowest BCUT2D eigenvalue weighted by molar-refractivity contribution is -0.120. The van der Waals surface area contributed by atoms with Crippen LogP contribution in [0.2, 0.25) is 0 Å². The molecule has 3 rings (SSSR count). The van der Waals surface area contributed by atoms with Gasteiger partial charge in [-0.15, -0.1) is 0 Å². The minimum Gasteiger partial charge on any atom is -0.439 e. The van der Waals surface area contributed by atoms with Crippen molar-refractivity contribution in [2.75, 3.05) is 28.3 Å². The zero-order valence-corrected chi connectivity index (χ0v) is 30.5. The number of ketones is 2. The quantitative estimate of drug-likeness (QED) is 0.242. The Hall–Kier alpha value is -4.69. The molecule has 2 aliphatic rings. The highest BCUT2D eigenvalue weighted by molar-refractivity contribution is 6.24. The smallest absolute Gasteiger partial charge is 0.405 e. The first-order valence-corrected chi connectivity index (χ1v) is 16.7. The van der Waals surface area contributed by atoms with Crippen molar-refractivity contribution < 1.29 is 43.3 Å². The first kappa shape index (κ1) is 40.7. The van der Waals surface area contributed by atoms with E-state index in [9.17, 15) is 29.1 Å². The number of allylic oxidation sites excluding steroid dienone is 4. The molecule has 1 heterocycles. The number of ether oxygens (including phenoxy) is 3. The van der Waals surface area contributed by atoms with Gasteiger partial charge in [0.15, 0.2) is 6.10 Å². The number of Topliss-reactive ketones (excluding diaryl/α,β-unsaturated/α-hetero) is 1. The summed E-state index contributed by atoms with van der Waals surface area (Å²) >= 11 is 0. The Balaban J connectivity index is 2.06. The van der Waals surface area contributed by atoms with E-state index in [-0.39, 0.29) is 41.3 Å². The van der Waals surface area contributed by atoms with Crippen molar-refractivity contribution in [1.29, 1.82) is 0 Å². The molecule has 276 valence electrons. The van der Waals surface area contributed by atoms with Crippen LogP contribution >= 0.6 is 0 Å². The molecule has 1 aromatic carbocycles. The van der Waals surface area contributed by atoms with Crippen LogP contribution < -0.4 is 16.4 Å². The van der Waals surface area contributed by atoms with Crippen molar-refractivity contribution in [2.45, 2.75) is 71.5 Å². The number of benzene rings is 1. The number of carbonyl (C=O) groups is 5. The van der Waals surface area contributed by atoms with E-state index < -0.39 is 59.8 Å². The average Bonchev–Trinajstić information content (AvgIpc) is 3.07. The minimum absolute atomic E-state index is 0.0184. The van der Waals surface area contributed by atoms with Gasteiger partial charge in [-0.3, -0.25) is 19.2 Å². The van der Waals surface area contributed by atoms with E-state index in [0.717, 1.165) is 11.6 Å². The van der Waals surface area contributed by atoms with Crippen LogP contribution in [0.1, 0.15) is 56.5 Å². The molecule has 0 saturated carbocycles. The highest BCUT2D eigenvalue weighted by Crippen LogP contribution is 2.29. The van der Waals surface area contributed by atoms with Gasteiger partial charge in [0, 0.05) is 49.5 Å². The van der Waals surface area contributed by atoms with Crippen molar-refractivity contribution in [3.05, 3.63) is 93.9 Å². The van der Waals surface area contributed by atoms with E-state index in [1.54, 1.807) is 38.1 Å². The van der Waals surface area contributed by atoms with Gasteiger partial charge in [-0.05, 0) is 70.0 Å². The number of methoxy groups -OCH3 is 2. The topological polar surface area (TPSA) is 187 Å². The molecule has 0 radical (unpaired) electrons. The first-order valence-electron chi connectivity index (χ1n) is 16.7. The molecular formula is C38H50N4O9. The molecule has 3 amide bonds. The van der Waals surface area contributed by atoms with Gasteiger partial charge in [0.2, 0.25) is 11.6 Å². The van der Waals surface area contributed by atoms with Crippen LogP contribution in [0.5, 0.6) is 0 Å². The Labute approximate surface area is 299 Å². The van der Waals surface area contributed by atoms with E-state index >= 15 is 0 Å². The number of aliphatic hydroxyl groups is 1. The molecule has 0 spiro atoms. The number of primary amides is 1. The number of carbonyl (C=O) groups excluding carboxylic acids is 5. The lowest BCUT2D eigenvalue weighted by Gasteiger charge is -2.30. The summed E-state index contributed by atoms with van der Waals surface area (Å²) in [4.78, 5) is 67.9.